The number of ether oxygens (including phenoxy) is 1. The molecule has 2 fully saturated rings. The lowest BCUT2D eigenvalue weighted by atomic mass is 10.1. The highest BCUT2D eigenvalue weighted by molar-refractivity contribution is 5.94. The fraction of sp³-hybridized carbons (Fsp3) is 0.400. The van der Waals surface area contributed by atoms with Crippen molar-refractivity contribution in [1.82, 2.24) is 15.2 Å². The van der Waals surface area contributed by atoms with E-state index < -0.39 is 0 Å². The number of hydrogen-bond donors (Lipinski definition) is 1. The number of nitrogens with one attached hydrogen (secondary N) is 1. The average molecular weight is 436 g/mol. The van der Waals surface area contributed by atoms with Crippen LogP contribution < -0.4 is 5.32 Å². The Morgan fingerprint density at radius 3 is 2.66 bits per heavy atom. The molecular formula is C25H29N3O4. The molecule has 3 atom stereocenters. The second kappa shape index (κ2) is 8.74. The topological polar surface area (TPSA) is 84.7 Å². The molecule has 1 N–H and O–H groups in total. The molecule has 0 unspecified atom stereocenters. The first-order valence-electron chi connectivity index (χ1n) is 11.2. The Kier molecular flexibility index (Phi) is 5.66. The molecule has 2 heterocycles. The smallest absolute Gasteiger partial charge is 0.253 e. The third-order valence-electron chi connectivity index (χ3n) is 6.51. The molecule has 5 rings (SSSR count). The van der Waals surface area contributed by atoms with Crippen molar-refractivity contribution in [3.05, 3.63) is 54.1 Å². The maximum Gasteiger partial charge on any atom is 0.253 e. The van der Waals surface area contributed by atoms with Crippen LogP contribution in [-0.2, 0) is 9.53 Å². The van der Waals surface area contributed by atoms with Crippen molar-refractivity contribution in [1.29, 1.82) is 0 Å². The number of benzene rings is 2. The minimum absolute atomic E-state index is 0. The van der Waals surface area contributed by atoms with Crippen LogP contribution in [-0.4, -0.2) is 53.5 Å². The fourth-order valence-corrected chi connectivity index (χ4v) is 4.64. The Hall–Kier alpha value is -3.19. The van der Waals surface area contributed by atoms with E-state index in [0.717, 1.165) is 48.8 Å². The standard InChI is InChI=1S/C25H27N3O4.H2/c1-28(19-13-12-18(15-19)26-23(29)22-7-4-14-31-22)25(30)17-10-8-16(9-11-17)24-27-20-5-2-3-6-21(20)32-24;/h2-3,5-6,8-11,18-19,22H,4,7,12-15H2,1H3,(H,26,29);1H/t18-,19+,22-;/m0./s1. The molecule has 168 valence electrons. The molecule has 1 saturated carbocycles. The number of rotatable bonds is 5. The van der Waals surface area contributed by atoms with Crippen molar-refractivity contribution in [2.75, 3.05) is 13.7 Å². The largest absolute Gasteiger partial charge is 0.436 e. The second-order valence-electron chi connectivity index (χ2n) is 8.65. The highest BCUT2D eigenvalue weighted by atomic mass is 16.5. The third kappa shape index (κ3) is 4.12. The van der Waals surface area contributed by atoms with Crippen molar-refractivity contribution in [2.24, 2.45) is 0 Å². The quantitative estimate of drug-likeness (QED) is 0.654. The average Bonchev–Trinajstić information content (AvgIpc) is 3.58. The molecule has 7 nitrogen and oxygen atoms in total. The SMILES string of the molecule is CN(C(=O)c1ccc(-c2nc3ccccc3o2)cc1)[C@@H]1CC[C@H](NC(=O)[C@@H]2CCCO2)C1.[HH]. The number of aromatic nitrogens is 1. The van der Waals surface area contributed by atoms with Crippen LogP contribution in [0.4, 0.5) is 0 Å². The summed E-state index contributed by atoms with van der Waals surface area (Å²) in [5.41, 5.74) is 3.01. The van der Waals surface area contributed by atoms with Gasteiger partial charge in [0.15, 0.2) is 5.58 Å². The Labute approximate surface area is 188 Å². The Balaban J connectivity index is 0.00000259. The van der Waals surface area contributed by atoms with E-state index in [1.165, 1.54) is 0 Å². The van der Waals surface area contributed by atoms with E-state index in [-0.39, 0.29) is 31.4 Å². The Morgan fingerprint density at radius 1 is 1.09 bits per heavy atom. The van der Waals surface area contributed by atoms with Gasteiger partial charge in [-0.25, -0.2) is 4.98 Å². The van der Waals surface area contributed by atoms with Crippen molar-refractivity contribution in [3.8, 4) is 11.5 Å². The zero-order chi connectivity index (χ0) is 22.1. The van der Waals surface area contributed by atoms with Gasteiger partial charge in [0.1, 0.15) is 11.6 Å². The maximum atomic E-state index is 13.0. The molecular weight excluding hydrogens is 406 g/mol. The Morgan fingerprint density at radius 2 is 1.91 bits per heavy atom. The first-order valence-corrected chi connectivity index (χ1v) is 11.2. The minimum atomic E-state index is -0.312. The zero-order valence-electron chi connectivity index (χ0n) is 18.1. The van der Waals surface area contributed by atoms with Crippen LogP contribution in [0.2, 0.25) is 0 Å². The predicted molar refractivity (Wildman–Crippen MR) is 122 cm³/mol. The first kappa shape index (κ1) is 20.7. The van der Waals surface area contributed by atoms with Gasteiger partial charge in [0.05, 0.1) is 0 Å². The van der Waals surface area contributed by atoms with E-state index in [2.05, 4.69) is 10.3 Å². The number of carbonyl (C=O) groups excluding carboxylic acids is 2. The number of fused-ring (bicyclic) bond motifs is 1. The van der Waals surface area contributed by atoms with E-state index >= 15 is 0 Å². The fourth-order valence-electron chi connectivity index (χ4n) is 4.64. The lowest BCUT2D eigenvalue weighted by Gasteiger charge is -2.25. The van der Waals surface area contributed by atoms with Gasteiger partial charge in [0.25, 0.3) is 5.91 Å². The number of para-hydroxylation sites is 2. The van der Waals surface area contributed by atoms with Gasteiger partial charge in [-0.05, 0) is 68.5 Å². The summed E-state index contributed by atoms with van der Waals surface area (Å²) in [6.45, 7) is 0.661. The highest BCUT2D eigenvalue weighted by Crippen LogP contribution is 2.27. The van der Waals surface area contributed by atoms with Crippen LogP contribution in [0.5, 0.6) is 0 Å². The summed E-state index contributed by atoms with van der Waals surface area (Å²) in [6.07, 6.45) is 3.93. The van der Waals surface area contributed by atoms with Gasteiger partial charge in [0.2, 0.25) is 11.8 Å². The summed E-state index contributed by atoms with van der Waals surface area (Å²) < 4.78 is 11.3. The molecule has 32 heavy (non-hydrogen) atoms. The third-order valence-corrected chi connectivity index (χ3v) is 6.51. The van der Waals surface area contributed by atoms with Crippen LogP contribution in [0.1, 0.15) is 43.9 Å². The number of nitrogens with zero attached hydrogens (tertiary/aromatic N) is 2. The van der Waals surface area contributed by atoms with Gasteiger partial charge in [-0.2, -0.15) is 0 Å². The summed E-state index contributed by atoms with van der Waals surface area (Å²) in [7, 11) is 1.84. The molecule has 2 aromatic carbocycles. The Bertz CT molecular complexity index is 1090. The van der Waals surface area contributed by atoms with Crippen LogP contribution in [0, 0.1) is 0 Å². The molecule has 3 aromatic rings. The summed E-state index contributed by atoms with van der Waals surface area (Å²) in [5, 5.41) is 3.10. The molecule has 1 aliphatic carbocycles. The van der Waals surface area contributed by atoms with Gasteiger partial charge in [-0.3, -0.25) is 9.59 Å². The molecule has 1 aromatic heterocycles. The summed E-state index contributed by atoms with van der Waals surface area (Å²) in [6, 6.07) is 15.2. The summed E-state index contributed by atoms with van der Waals surface area (Å²) in [5.74, 6) is 0.501. The van der Waals surface area contributed by atoms with Crippen molar-refractivity contribution < 1.29 is 20.2 Å². The number of amides is 2. The minimum Gasteiger partial charge on any atom is -0.436 e. The van der Waals surface area contributed by atoms with E-state index in [9.17, 15) is 9.59 Å². The molecule has 0 radical (unpaired) electrons. The molecule has 0 spiro atoms. The lowest BCUT2D eigenvalue weighted by Crippen LogP contribution is -2.41. The van der Waals surface area contributed by atoms with Gasteiger partial charge < -0.3 is 19.4 Å². The molecule has 2 aliphatic rings. The first-order chi connectivity index (χ1) is 15.6. The van der Waals surface area contributed by atoms with Crippen LogP contribution >= 0.6 is 0 Å². The normalized spacial score (nSPS) is 22.8. The molecule has 1 saturated heterocycles. The van der Waals surface area contributed by atoms with Gasteiger partial charge in [-0.15, -0.1) is 0 Å². The van der Waals surface area contributed by atoms with Crippen molar-refractivity contribution in [2.45, 2.75) is 50.3 Å². The number of hydrogen-bond acceptors (Lipinski definition) is 5. The number of oxazole rings is 1. The van der Waals surface area contributed by atoms with Crippen molar-refractivity contribution >= 4 is 22.9 Å². The van der Waals surface area contributed by atoms with Gasteiger partial charge in [-0.1, -0.05) is 12.1 Å². The maximum absolute atomic E-state index is 13.0. The predicted octanol–water partition coefficient (Wildman–Crippen LogP) is 4.03. The monoisotopic (exact) mass is 435 g/mol. The lowest BCUT2D eigenvalue weighted by molar-refractivity contribution is -0.130. The van der Waals surface area contributed by atoms with Crippen molar-refractivity contribution in [3.63, 3.8) is 0 Å². The van der Waals surface area contributed by atoms with Crippen LogP contribution in [0.25, 0.3) is 22.6 Å². The number of carbonyl (C=O) groups is 2. The van der Waals surface area contributed by atoms with E-state index in [1.807, 2.05) is 55.6 Å². The zero-order valence-corrected chi connectivity index (χ0v) is 18.1. The molecule has 1 aliphatic heterocycles. The second-order valence-corrected chi connectivity index (χ2v) is 8.65. The highest BCUT2D eigenvalue weighted by Gasteiger charge is 2.33. The van der Waals surface area contributed by atoms with Crippen LogP contribution in [0.3, 0.4) is 0 Å². The van der Waals surface area contributed by atoms with Gasteiger partial charge >= 0.3 is 0 Å². The molecule has 0 bridgehead atoms. The summed E-state index contributed by atoms with van der Waals surface area (Å²) in [4.78, 5) is 31.7. The molecule has 7 heteroatoms. The van der Waals surface area contributed by atoms with E-state index in [0.29, 0.717) is 18.1 Å². The van der Waals surface area contributed by atoms with E-state index in [1.54, 1.807) is 4.90 Å². The van der Waals surface area contributed by atoms with E-state index in [4.69, 9.17) is 9.15 Å². The molecule has 2 amide bonds. The van der Waals surface area contributed by atoms with Gasteiger partial charge in [0, 0.05) is 38.3 Å². The summed E-state index contributed by atoms with van der Waals surface area (Å²) >= 11 is 0. The van der Waals surface area contributed by atoms with Crippen LogP contribution in [0.15, 0.2) is 52.9 Å².